The lowest BCUT2D eigenvalue weighted by atomic mass is 10.1. The Morgan fingerprint density at radius 1 is 1.11 bits per heavy atom. The van der Waals surface area contributed by atoms with Crippen molar-refractivity contribution in [2.45, 2.75) is 6.61 Å². The highest BCUT2D eigenvalue weighted by Gasteiger charge is 2.05. The van der Waals surface area contributed by atoms with Gasteiger partial charge in [-0.3, -0.25) is 0 Å². The second kappa shape index (κ2) is 4.97. The molecule has 1 aromatic heterocycles. The zero-order chi connectivity index (χ0) is 13.1. The summed E-state index contributed by atoms with van der Waals surface area (Å²) < 4.78 is 10.9. The highest BCUT2D eigenvalue weighted by atomic mass is 16.5. The van der Waals surface area contributed by atoms with Crippen LogP contribution >= 0.6 is 0 Å². The molecule has 0 aliphatic rings. The summed E-state index contributed by atoms with van der Waals surface area (Å²) in [5.41, 5.74) is 0. The Hall–Kier alpha value is -2.56. The maximum atomic E-state index is 5.63. The summed E-state index contributed by atoms with van der Waals surface area (Å²) >= 11 is 0. The van der Waals surface area contributed by atoms with E-state index in [2.05, 4.69) is 21.6 Å². The van der Waals surface area contributed by atoms with Gasteiger partial charge in [0, 0.05) is 7.05 Å². The Labute approximate surface area is 110 Å². The Morgan fingerprint density at radius 2 is 1.95 bits per heavy atom. The van der Waals surface area contributed by atoms with Gasteiger partial charge in [0.25, 0.3) is 5.89 Å². The van der Waals surface area contributed by atoms with Crippen molar-refractivity contribution >= 4 is 16.8 Å². The van der Waals surface area contributed by atoms with Gasteiger partial charge in [0.1, 0.15) is 5.75 Å². The molecule has 2 aromatic carbocycles. The fourth-order valence-corrected chi connectivity index (χ4v) is 1.82. The van der Waals surface area contributed by atoms with E-state index in [4.69, 9.17) is 9.15 Å². The zero-order valence-corrected chi connectivity index (χ0v) is 10.5. The molecule has 0 unspecified atom stereocenters. The molecule has 0 saturated carbocycles. The standard InChI is InChI=1S/C14H13N3O2/c1-15-14-17-16-13(19-14)9-18-12-7-6-10-4-2-3-5-11(10)8-12/h2-8H,9H2,1H3,(H,15,17). The third-order valence-electron chi connectivity index (χ3n) is 2.76. The second-order valence-electron chi connectivity index (χ2n) is 4.05. The maximum absolute atomic E-state index is 5.63. The molecule has 96 valence electrons. The highest BCUT2D eigenvalue weighted by molar-refractivity contribution is 5.83. The van der Waals surface area contributed by atoms with E-state index in [0.29, 0.717) is 11.9 Å². The average molecular weight is 255 g/mol. The molecular weight excluding hydrogens is 242 g/mol. The SMILES string of the molecule is CNc1nnc(COc2ccc3ccccc3c2)o1. The fourth-order valence-electron chi connectivity index (χ4n) is 1.82. The molecular formula is C14H13N3O2. The zero-order valence-electron chi connectivity index (χ0n) is 10.5. The largest absolute Gasteiger partial charge is 0.484 e. The van der Waals surface area contributed by atoms with Crippen molar-refractivity contribution in [3.63, 3.8) is 0 Å². The number of nitrogens with zero attached hydrogens (tertiary/aromatic N) is 2. The van der Waals surface area contributed by atoms with E-state index in [1.807, 2.05) is 36.4 Å². The summed E-state index contributed by atoms with van der Waals surface area (Å²) in [7, 11) is 1.72. The molecule has 5 heteroatoms. The normalized spacial score (nSPS) is 10.6. The van der Waals surface area contributed by atoms with Crippen LogP contribution in [-0.4, -0.2) is 17.2 Å². The molecule has 19 heavy (non-hydrogen) atoms. The molecule has 0 fully saturated rings. The minimum Gasteiger partial charge on any atom is -0.484 e. The van der Waals surface area contributed by atoms with E-state index < -0.39 is 0 Å². The van der Waals surface area contributed by atoms with E-state index >= 15 is 0 Å². The molecule has 1 heterocycles. The van der Waals surface area contributed by atoms with Crippen LogP contribution in [0.5, 0.6) is 5.75 Å². The predicted octanol–water partition coefficient (Wildman–Crippen LogP) is 2.84. The Bertz CT molecular complexity index is 694. The lowest BCUT2D eigenvalue weighted by Crippen LogP contribution is -1.95. The van der Waals surface area contributed by atoms with Gasteiger partial charge in [-0.2, -0.15) is 0 Å². The van der Waals surface area contributed by atoms with Crippen molar-refractivity contribution in [1.29, 1.82) is 0 Å². The third-order valence-corrected chi connectivity index (χ3v) is 2.76. The summed E-state index contributed by atoms with van der Waals surface area (Å²) in [4.78, 5) is 0. The Balaban J connectivity index is 1.74. The summed E-state index contributed by atoms with van der Waals surface area (Å²) in [6, 6.07) is 14.5. The van der Waals surface area contributed by atoms with Crippen LogP contribution in [0.2, 0.25) is 0 Å². The van der Waals surface area contributed by atoms with Crippen LogP contribution in [0.3, 0.4) is 0 Å². The van der Waals surface area contributed by atoms with Crippen LogP contribution in [0.15, 0.2) is 46.9 Å². The van der Waals surface area contributed by atoms with Crippen LogP contribution in [0.25, 0.3) is 10.8 Å². The molecule has 0 aliphatic carbocycles. The molecule has 3 aromatic rings. The van der Waals surface area contributed by atoms with Crippen LogP contribution in [-0.2, 0) is 6.61 Å². The number of hydrogen-bond donors (Lipinski definition) is 1. The van der Waals surface area contributed by atoms with Crippen molar-refractivity contribution in [3.8, 4) is 5.75 Å². The monoisotopic (exact) mass is 255 g/mol. The summed E-state index contributed by atoms with van der Waals surface area (Å²) in [5, 5.41) is 12.7. The first kappa shape index (κ1) is 11.5. The van der Waals surface area contributed by atoms with Crippen LogP contribution in [0, 0.1) is 0 Å². The quantitative estimate of drug-likeness (QED) is 0.776. The van der Waals surface area contributed by atoms with E-state index in [0.717, 1.165) is 11.1 Å². The fraction of sp³-hybridized carbons (Fsp3) is 0.143. The molecule has 1 N–H and O–H groups in total. The first-order valence-corrected chi connectivity index (χ1v) is 5.97. The van der Waals surface area contributed by atoms with Crippen molar-refractivity contribution in [2.24, 2.45) is 0 Å². The van der Waals surface area contributed by atoms with Crippen molar-refractivity contribution < 1.29 is 9.15 Å². The minimum atomic E-state index is 0.257. The number of anilines is 1. The molecule has 0 bridgehead atoms. The van der Waals surface area contributed by atoms with Gasteiger partial charge in [-0.05, 0) is 22.9 Å². The topological polar surface area (TPSA) is 60.2 Å². The van der Waals surface area contributed by atoms with E-state index in [1.54, 1.807) is 7.05 Å². The van der Waals surface area contributed by atoms with E-state index in [-0.39, 0.29) is 6.61 Å². The van der Waals surface area contributed by atoms with Crippen LogP contribution < -0.4 is 10.1 Å². The van der Waals surface area contributed by atoms with Crippen LogP contribution in [0.4, 0.5) is 6.01 Å². The minimum absolute atomic E-state index is 0.257. The lowest BCUT2D eigenvalue weighted by Gasteiger charge is -2.04. The Kier molecular flexibility index (Phi) is 3.02. The lowest BCUT2D eigenvalue weighted by molar-refractivity contribution is 0.265. The van der Waals surface area contributed by atoms with Gasteiger partial charge >= 0.3 is 6.01 Å². The predicted molar refractivity (Wildman–Crippen MR) is 72.1 cm³/mol. The number of aromatic nitrogens is 2. The summed E-state index contributed by atoms with van der Waals surface area (Å²) in [6.07, 6.45) is 0. The smallest absolute Gasteiger partial charge is 0.315 e. The number of nitrogens with one attached hydrogen (secondary N) is 1. The van der Waals surface area contributed by atoms with Crippen LogP contribution in [0.1, 0.15) is 5.89 Å². The molecule has 0 spiro atoms. The van der Waals surface area contributed by atoms with Gasteiger partial charge < -0.3 is 14.5 Å². The summed E-state index contributed by atoms with van der Waals surface area (Å²) in [5.74, 6) is 1.22. The first-order valence-electron chi connectivity index (χ1n) is 5.97. The number of ether oxygens (including phenoxy) is 1. The molecule has 3 rings (SSSR count). The van der Waals surface area contributed by atoms with Gasteiger partial charge in [0.15, 0.2) is 6.61 Å². The maximum Gasteiger partial charge on any atom is 0.315 e. The van der Waals surface area contributed by atoms with Gasteiger partial charge in [0.2, 0.25) is 0 Å². The Morgan fingerprint density at radius 3 is 2.74 bits per heavy atom. The first-order chi connectivity index (χ1) is 9.35. The number of hydrogen-bond acceptors (Lipinski definition) is 5. The number of fused-ring (bicyclic) bond motifs is 1. The molecule has 0 saturated heterocycles. The molecule has 5 nitrogen and oxygen atoms in total. The van der Waals surface area contributed by atoms with Gasteiger partial charge in [-0.15, -0.1) is 5.10 Å². The van der Waals surface area contributed by atoms with Gasteiger partial charge in [-0.1, -0.05) is 35.4 Å². The number of rotatable bonds is 4. The highest BCUT2D eigenvalue weighted by Crippen LogP contribution is 2.21. The average Bonchev–Trinajstić information content (AvgIpc) is 2.93. The van der Waals surface area contributed by atoms with E-state index in [1.165, 1.54) is 5.39 Å². The van der Waals surface area contributed by atoms with Gasteiger partial charge in [-0.25, -0.2) is 0 Å². The summed E-state index contributed by atoms with van der Waals surface area (Å²) in [6.45, 7) is 0.257. The van der Waals surface area contributed by atoms with Crippen molar-refractivity contribution in [3.05, 3.63) is 48.4 Å². The van der Waals surface area contributed by atoms with Crippen molar-refractivity contribution in [1.82, 2.24) is 10.2 Å². The number of benzene rings is 2. The molecule has 0 atom stereocenters. The molecule has 0 radical (unpaired) electrons. The molecule has 0 amide bonds. The molecule has 0 aliphatic heterocycles. The van der Waals surface area contributed by atoms with Crippen molar-refractivity contribution in [2.75, 3.05) is 12.4 Å². The van der Waals surface area contributed by atoms with Gasteiger partial charge in [0.05, 0.1) is 0 Å². The van der Waals surface area contributed by atoms with E-state index in [9.17, 15) is 0 Å². The second-order valence-corrected chi connectivity index (χ2v) is 4.05. The third kappa shape index (κ3) is 2.49.